The Morgan fingerprint density at radius 3 is 2.56 bits per heavy atom. The van der Waals surface area contributed by atoms with E-state index in [1.165, 1.54) is 12.4 Å². The van der Waals surface area contributed by atoms with Gasteiger partial charge in [-0.3, -0.25) is 9.78 Å². The molecule has 0 saturated carbocycles. The number of hydrogen-bond acceptors (Lipinski definition) is 7. The van der Waals surface area contributed by atoms with Gasteiger partial charge in [-0.1, -0.05) is 6.07 Å². The van der Waals surface area contributed by atoms with Crippen LogP contribution in [0.3, 0.4) is 0 Å². The monoisotopic (exact) mass is 370 g/mol. The zero-order chi connectivity index (χ0) is 18.9. The van der Waals surface area contributed by atoms with Gasteiger partial charge >= 0.3 is 0 Å². The zero-order valence-electron chi connectivity index (χ0n) is 14.9. The van der Waals surface area contributed by atoms with Crippen LogP contribution in [0.2, 0.25) is 0 Å². The number of pyridine rings is 1. The number of nitrogens with zero attached hydrogens (tertiary/aromatic N) is 4. The van der Waals surface area contributed by atoms with Gasteiger partial charge in [0.05, 0.1) is 23.9 Å². The molecule has 0 unspecified atom stereocenters. The molecular weight excluding hydrogens is 348 g/mol. The molecule has 2 aromatic heterocycles. The summed E-state index contributed by atoms with van der Waals surface area (Å²) in [6.07, 6.45) is 4.43. The molecule has 0 aliphatic carbocycles. The summed E-state index contributed by atoms with van der Waals surface area (Å²) in [5.74, 6) is 0.320. The van der Waals surface area contributed by atoms with Gasteiger partial charge in [0.1, 0.15) is 11.8 Å². The molecule has 2 atom stereocenters. The third kappa shape index (κ3) is 3.43. The van der Waals surface area contributed by atoms with Crippen molar-refractivity contribution in [1.82, 2.24) is 19.9 Å². The third-order valence-electron chi connectivity index (χ3n) is 5.40. The molecule has 2 saturated heterocycles. The Kier molecular flexibility index (Phi) is 4.86. The zero-order valence-corrected chi connectivity index (χ0v) is 14.9. The van der Waals surface area contributed by atoms with Crippen molar-refractivity contribution < 1.29 is 19.7 Å². The average Bonchev–Trinajstić information content (AvgIpc) is 2.73. The van der Waals surface area contributed by atoms with Crippen molar-refractivity contribution in [2.75, 3.05) is 19.7 Å². The summed E-state index contributed by atoms with van der Waals surface area (Å²) in [6, 6.07) is 5.48. The van der Waals surface area contributed by atoms with E-state index >= 15 is 0 Å². The van der Waals surface area contributed by atoms with Crippen LogP contribution in [0, 0.1) is 0 Å². The van der Waals surface area contributed by atoms with E-state index in [-0.39, 0.29) is 5.91 Å². The molecule has 2 aliphatic heterocycles. The predicted molar refractivity (Wildman–Crippen MR) is 95.7 cm³/mol. The number of amides is 1. The fourth-order valence-electron chi connectivity index (χ4n) is 3.75. The van der Waals surface area contributed by atoms with Crippen LogP contribution in [0.25, 0.3) is 11.5 Å². The Hall–Kier alpha value is -2.42. The fourth-order valence-corrected chi connectivity index (χ4v) is 3.75. The van der Waals surface area contributed by atoms with Crippen LogP contribution in [-0.4, -0.2) is 73.5 Å². The number of aromatic nitrogens is 3. The summed E-state index contributed by atoms with van der Waals surface area (Å²) in [6.45, 7) is 1.32. The fraction of sp³-hybridized carbons (Fsp3) is 0.474. The first-order valence-electron chi connectivity index (χ1n) is 9.12. The maximum atomic E-state index is 12.7. The van der Waals surface area contributed by atoms with E-state index in [0.717, 1.165) is 0 Å². The van der Waals surface area contributed by atoms with Crippen molar-refractivity contribution in [3.8, 4) is 11.5 Å². The van der Waals surface area contributed by atoms with Gasteiger partial charge in [0.25, 0.3) is 5.91 Å². The first-order valence-corrected chi connectivity index (χ1v) is 9.12. The van der Waals surface area contributed by atoms with Gasteiger partial charge in [-0.15, -0.1) is 0 Å². The molecule has 8 heteroatoms. The first kappa shape index (κ1) is 18.0. The minimum absolute atomic E-state index is 0.150. The molecule has 4 rings (SSSR count). The number of likely N-dealkylation sites (tertiary alicyclic amines) is 1. The van der Waals surface area contributed by atoms with E-state index in [4.69, 9.17) is 4.74 Å². The van der Waals surface area contributed by atoms with Crippen LogP contribution in [-0.2, 0) is 4.74 Å². The Bertz CT molecular complexity index is 791. The Labute approximate surface area is 156 Å². The lowest BCUT2D eigenvalue weighted by molar-refractivity contribution is -0.212. The molecule has 27 heavy (non-hydrogen) atoms. The van der Waals surface area contributed by atoms with Gasteiger partial charge in [0, 0.05) is 31.7 Å². The number of aliphatic hydroxyl groups excluding tert-OH is 2. The molecule has 4 heterocycles. The Morgan fingerprint density at radius 1 is 1.15 bits per heavy atom. The van der Waals surface area contributed by atoms with Crippen LogP contribution in [0.5, 0.6) is 0 Å². The standard InChI is InChI=1S/C19H22N4O4/c24-15-4-10-27-19(16(15)25)5-8-23(9-6-19)18(26)13-11-21-17(22-12-13)14-3-1-2-7-20-14/h1-3,7,11-12,15-16,24-25H,4-6,8-10H2/t15-,16-/m0/s1. The summed E-state index contributed by atoms with van der Waals surface area (Å²) in [4.78, 5) is 27.2. The van der Waals surface area contributed by atoms with Crippen LogP contribution in [0.4, 0.5) is 0 Å². The number of ether oxygens (including phenoxy) is 1. The van der Waals surface area contributed by atoms with Crippen LogP contribution < -0.4 is 0 Å². The van der Waals surface area contributed by atoms with Gasteiger partial charge in [0.2, 0.25) is 0 Å². The van der Waals surface area contributed by atoms with E-state index in [9.17, 15) is 15.0 Å². The van der Waals surface area contributed by atoms with Crippen molar-refractivity contribution in [1.29, 1.82) is 0 Å². The molecule has 0 radical (unpaired) electrons. The number of aliphatic hydroxyl groups is 2. The first-order chi connectivity index (χ1) is 13.1. The van der Waals surface area contributed by atoms with Crippen molar-refractivity contribution in [2.45, 2.75) is 37.1 Å². The van der Waals surface area contributed by atoms with Gasteiger partial charge in [-0.05, 0) is 31.4 Å². The second-order valence-electron chi connectivity index (χ2n) is 7.02. The molecule has 1 spiro atoms. The molecular formula is C19H22N4O4. The predicted octanol–water partition coefficient (Wildman–Crippen LogP) is 0.655. The molecule has 142 valence electrons. The van der Waals surface area contributed by atoms with Crippen molar-refractivity contribution in [3.05, 3.63) is 42.4 Å². The van der Waals surface area contributed by atoms with Crippen LogP contribution >= 0.6 is 0 Å². The lowest BCUT2D eigenvalue weighted by Crippen LogP contribution is -2.60. The molecule has 0 aromatic carbocycles. The third-order valence-corrected chi connectivity index (χ3v) is 5.40. The summed E-state index contributed by atoms with van der Waals surface area (Å²) < 4.78 is 5.81. The topological polar surface area (TPSA) is 109 Å². The van der Waals surface area contributed by atoms with E-state index in [1.54, 1.807) is 11.1 Å². The largest absolute Gasteiger partial charge is 0.390 e. The molecule has 2 aromatic rings. The summed E-state index contributed by atoms with van der Waals surface area (Å²) in [7, 11) is 0. The average molecular weight is 370 g/mol. The number of rotatable bonds is 2. The quantitative estimate of drug-likeness (QED) is 0.799. The SMILES string of the molecule is O=C(c1cnc(-c2ccccn2)nc1)N1CCC2(CC1)OCC[C@H](O)[C@@H]2O. The second kappa shape index (κ2) is 7.30. The smallest absolute Gasteiger partial charge is 0.256 e. The van der Waals surface area contributed by atoms with E-state index < -0.39 is 17.8 Å². The number of hydrogen-bond donors (Lipinski definition) is 2. The van der Waals surface area contributed by atoms with Crippen molar-refractivity contribution in [2.24, 2.45) is 0 Å². The molecule has 2 aliphatic rings. The van der Waals surface area contributed by atoms with Gasteiger partial charge < -0.3 is 19.8 Å². The molecule has 8 nitrogen and oxygen atoms in total. The second-order valence-corrected chi connectivity index (χ2v) is 7.02. The highest BCUT2D eigenvalue weighted by Gasteiger charge is 2.48. The molecule has 2 N–H and O–H groups in total. The molecule has 2 fully saturated rings. The van der Waals surface area contributed by atoms with Gasteiger partial charge in [-0.25, -0.2) is 9.97 Å². The van der Waals surface area contributed by atoms with Gasteiger partial charge in [0.15, 0.2) is 5.82 Å². The highest BCUT2D eigenvalue weighted by atomic mass is 16.5. The maximum Gasteiger partial charge on any atom is 0.256 e. The molecule has 0 bridgehead atoms. The summed E-state index contributed by atoms with van der Waals surface area (Å²) in [5.41, 5.74) is 0.308. The number of carbonyl (C=O) groups is 1. The number of piperidine rings is 1. The van der Waals surface area contributed by atoms with Crippen molar-refractivity contribution >= 4 is 5.91 Å². The van der Waals surface area contributed by atoms with Gasteiger partial charge in [-0.2, -0.15) is 0 Å². The van der Waals surface area contributed by atoms with E-state index in [2.05, 4.69) is 15.0 Å². The van der Waals surface area contributed by atoms with Crippen molar-refractivity contribution in [3.63, 3.8) is 0 Å². The summed E-state index contributed by atoms with van der Waals surface area (Å²) in [5, 5.41) is 20.3. The normalized spacial score (nSPS) is 24.7. The molecule has 1 amide bonds. The maximum absolute atomic E-state index is 12.7. The van der Waals surface area contributed by atoms with Crippen LogP contribution in [0.1, 0.15) is 29.6 Å². The van der Waals surface area contributed by atoms with Crippen LogP contribution in [0.15, 0.2) is 36.8 Å². The number of carbonyl (C=O) groups excluding carboxylic acids is 1. The Morgan fingerprint density at radius 2 is 1.89 bits per heavy atom. The Balaban J connectivity index is 1.42. The lowest BCUT2D eigenvalue weighted by Gasteiger charge is -2.48. The minimum Gasteiger partial charge on any atom is -0.390 e. The van der Waals surface area contributed by atoms with E-state index in [0.29, 0.717) is 56.0 Å². The minimum atomic E-state index is -0.913. The highest BCUT2D eigenvalue weighted by Crippen LogP contribution is 2.35. The lowest BCUT2D eigenvalue weighted by atomic mass is 9.80. The highest BCUT2D eigenvalue weighted by molar-refractivity contribution is 5.93. The van der Waals surface area contributed by atoms with E-state index in [1.807, 2.05) is 18.2 Å². The summed E-state index contributed by atoms with van der Waals surface area (Å²) >= 11 is 0.